The molecule has 1 saturated carbocycles. The predicted molar refractivity (Wildman–Crippen MR) is 175 cm³/mol. The second-order valence-electron chi connectivity index (χ2n) is 13.0. The molecule has 4 atom stereocenters. The number of rotatable bonds is 10. The Morgan fingerprint density at radius 1 is 1.22 bits per heavy atom. The van der Waals surface area contributed by atoms with E-state index in [9.17, 15) is 14.4 Å². The van der Waals surface area contributed by atoms with Gasteiger partial charge in [0, 0.05) is 35.2 Å². The van der Waals surface area contributed by atoms with Crippen molar-refractivity contribution in [1.29, 1.82) is 0 Å². The Morgan fingerprint density at radius 2 is 1.98 bits per heavy atom. The van der Waals surface area contributed by atoms with Crippen molar-refractivity contribution in [3.05, 3.63) is 48.0 Å². The quantitative estimate of drug-likeness (QED) is 0.212. The van der Waals surface area contributed by atoms with E-state index in [1.165, 1.54) is 16.2 Å². The Kier molecular flexibility index (Phi) is 9.30. The third-order valence-corrected chi connectivity index (χ3v) is 8.97. The Morgan fingerprint density at radius 3 is 2.59 bits per heavy atom. The number of carbonyl (C=O) groups is 3. The summed E-state index contributed by atoms with van der Waals surface area (Å²) in [6.07, 6.45) is 0.975. The number of nitrogens with zero attached hydrogens (tertiary/aromatic N) is 3. The summed E-state index contributed by atoms with van der Waals surface area (Å²) in [5.74, 6) is 0.185. The summed E-state index contributed by atoms with van der Waals surface area (Å²) in [6.45, 7) is 15.3. The molecule has 1 aliphatic heterocycles. The van der Waals surface area contributed by atoms with Crippen LogP contribution in [0.15, 0.2) is 42.3 Å². The maximum atomic E-state index is 13.8. The number of likely N-dealkylation sites (tertiary alicyclic amines) is 1. The molecular weight excluding hydrogens is 608 g/mol. The van der Waals surface area contributed by atoms with Crippen molar-refractivity contribution in [2.45, 2.75) is 83.6 Å². The number of carbonyl (C=O) groups excluding carboxylic acids is 3. The lowest BCUT2D eigenvalue weighted by atomic mass is 10.1. The van der Waals surface area contributed by atoms with Gasteiger partial charge in [0.05, 0.1) is 31.5 Å². The number of hydrogen-bond acceptors (Lipinski definition) is 10. The number of benzene rings is 1. The van der Waals surface area contributed by atoms with Crippen LogP contribution >= 0.6 is 11.3 Å². The van der Waals surface area contributed by atoms with Crippen LogP contribution in [0.1, 0.15) is 66.0 Å². The number of esters is 1. The van der Waals surface area contributed by atoms with Gasteiger partial charge in [0.1, 0.15) is 45.5 Å². The molecule has 46 heavy (non-hydrogen) atoms. The van der Waals surface area contributed by atoms with Gasteiger partial charge >= 0.3 is 12.1 Å². The van der Waals surface area contributed by atoms with Gasteiger partial charge in [0.15, 0.2) is 0 Å². The zero-order chi connectivity index (χ0) is 33.4. The summed E-state index contributed by atoms with van der Waals surface area (Å²) in [4.78, 5) is 51.2. The molecule has 2 aromatic heterocycles. The number of nitrogens with one attached hydrogen (secondary N) is 1. The lowest BCUT2D eigenvalue weighted by molar-refractivity contribution is -0.149. The molecule has 246 valence electrons. The van der Waals surface area contributed by atoms with E-state index in [0.29, 0.717) is 29.1 Å². The highest BCUT2D eigenvalue weighted by molar-refractivity contribution is 7.13. The number of amides is 2. The number of aromatic nitrogens is 2. The molecule has 3 heterocycles. The molecule has 12 heteroatoms. The minimum absolute atomic E-state index is 0.0916. The lowest BCUT2D eigenvalue weighted by Crippen LogP contribution is -2.53. The molecule has 1 aromatic carbocycles. The fourth-order valence-electron chi connectivity index (χ4n) is 5.58. The average Bonchev–Trinajstić information content (AvgIpc) is 3.31. The van der Waals surface area contributed by atoms with Gasteiger partial charge in [0.25, 0.3) is 0 Å². The minimum atomic E-state index is -1.20. The van der Waals surface area contributed by atoms with Crippen LogP contribution in [-0.2, 0) is 19.1 Å². The molecule has 1 unspecified atom stereocenters. The number of pyridine rings is 1. The van der Waals surface area contributed by atoms with Crippen LogP contribution in [0.25, 0.3) is 21.6 Å². The van der Waals surface area contributed by atoms with Gasteiger partial charge in [-0.2, -0.15) is 0 Å². The first-order valence-electron chi connectivity index (χ1n) is 15.5. The van der Waals surface area contributed by atoms with Crippen molar-refractivity contribution in [2.75, 3.05) is 20.3 Å². The first kappa shape index (κ1) is 33.2. The number of fused-ring (bicyclic) bond motifs is 1. The fraction of sp³-hybridized carbons (Fsp3) is 0.500. The van der Waals surface area contributed by atoms with Gasteiger partial charge in [-0.05, 0) is 52.2 Å². The van der Waals surface area contributed by atoms with Crippen molar-refractivity contribution >= 4 is 40.2 Å². The minimum Gasteiger partial charge on any atom is -0.497 e. The van der Waals surface area contributed by atoms with Crippen molar-refractivity contribution in [3.8, 4) is 22.2 Å². The molecule has 5 rings (SSSR count). The van der Waals surface area contributed by atoms with Gasteiger partial charge in [-0.1, -0.05) is 19.9 Å². The van der Waals surface area contributed by atoms with E-state index in [1.807, 2.05) is 29.6 Å². The number of ether oxygens (including phenoxy) is 4. The van der Waals surface area contributed by atoms with Crippen molar-refractivity contribution in [2.24, 2.45) is 5.92 Å². The molecule has 1 saturated heterocycles. The fourth-order valence-corrected chi connectivity index (χ4v) is 6.52. The number of thiazole rings is 1. The zero-order valence-electron chi connectivity index (χ0n) is 27.4. The van der Waals surface area contributed by atoms with Gasteiger partial charge in [0.2, 0.25) is 5.91 Å². The second-order valence-corrected chi connectivity index (χ2v) is 13.8. The van der Waals surface area contributed by atoms with Crippen LogP contribution in [0, 0.1) is 5.92 Å². The molecule has 1 aliphatic carbocycles. The van der Waals surface area contributed by atoms with Crippen LogP contribution in [0.5, 0.6) is 11.5 Å². The highest BCUT2D eigenvalue weighted by Gasteiger charge is 2.62. The van der Waals surface area contributed by atoms with Crippen LogP contribution in [0.2, 0.25) is 0 Å². The first-order chi connectivity index (χ1) is 21.8. The SMILES string of the molecule is C=C[C@@H]1C[C@]1(NC(=O)C1C[C@@H](Oc2cc(-c3nc(C(C)C)cs3)nc3cc(OC)ccc23)CN1C(=O)OC(C)(C)C)C(=O)OCC. The molecule has 11 nitrogen and oxygen atoms in total. The highest BCUT2D eigenvalue weighted by Crippen LogP contribution is 2.46. The predicted octanol–water partition coefficient (Wildman–Crippen LogP) is 5.87. The smallest absolute Gasteiger partial charge is 0.411 e. The van der Waals surface area contributed by atoms with E-state index in [4.69, 9.17) is 28.9 Å². The van der Waals surface area contributed by atoms with E-state index in [0.717, 1.165) is 16.1 Å². The number of methoxy groups -OCH3 is 1. The molecule has 0 spiro atoms. The molecule has 2 aliphatic rings. The number of hydrogen-bond donors (Lipinski definition) is 1. The first-order valence-corrected chi connectivity index (χ1v) is 16.4. The van der Waals surface area contributed by atoms with Gasteiger partial charge in [-0.15, -0.1) is 17.9 Å². The van der Waals surface area contributed by atoms with E-state index in [-0.39, 0.29) is 31.4 Å². The van der Waals surface area contributed by atoms with Crippen LogP contribution in [0.4, 0.5) is 4.79 Å². The van der Waals surface area contributed by atoms with Crippen LogP contribution in [-0.4, -0.2) is 76.4 Å². The van der Waals surface area contributed by atoms with Crippen LogP contribution < -0.4 is 14.8 Å². The molecule has 2 amide bonds. The van der Waals surface area contributed by atoms with Crippen molar-refractivity contribution in [1.82, 2.24) is 20.2 Å². The Labute approximate surface area is 273 Å². The molecule has 3 aromatic rings. The molecule has 2 fully saturated rings. The van der Waals surface area contributed by atoms with E-state index in [2.05, 4.69) is 25.7 Å². The summed E-state index contributed by atoms with van der Waals surface area (Å²) in [6, 6.07) is 6.43. The summed E-state index contributed by atoms with van der Waals surface area (Å²) in [5, 5.41) is 6.41. The third kappa shape index (κ3) is 6.81. The topological polar surface area (TPSA) is 129 Å². The summed E-state index contributed by atoms with van der Waals surface area (Å²) in [5.41, 5.74) is 0.286. The van der Waals surface area contributed by atoms with E-state index >= 15 is 0 Å². The Balaban J connectivity index is 1.47. The van der Waals surface area contributed by atoms with Gasteiger partial charge in [-0.25, -0.2) is 19.6 Å². The van der Waals surface area contributed by atoms with E-state index < -0.39 is 41.3 Å². The summed E-state index contributed by atoms with van der Waals surface area (Å²) in [7, 11) is 1.60. The monoisotopic (exact) mass is 650 g/mol. The average molecular weight is 651 g/mol. The van der Waals surface area contributed by atoms with Crippen molar-refractivity contribution in [3.63, 3.8) is 0 Å². The Bertz CT molecular complexity index is 1650. The van der Waals surface area contributed by atoms with Crippen molar-refractivity contribution < 1.29 is 33.3 Å². The van der Waals surface area contributed by atoms with Gasteiger partial charge < -0.3 is 24.3 Å². The third-order valence-electron chi connectivity index (χ3n) is 8.08. The van der Waals surface area contributed by atoms with E-state index in [1.54, 1.807) is 40.9 Å². The van der Waals surface area contributed by atoms with Gasteiger partial charge in [-0.3, -0.25) is 9.69 Å². The molecule has 0 radical (unpaired) electrons. The summed E-state index contributed by atoms with van der Waals surface area (Å²) < 4.78 is 23.0. The highest BCUT2D eigenvalue weighted by atomic mass is 32.1. The normalized spacial score (nSPS) is 22.4. The maximum Gasteiger partial charge on any atom is 0.411 e. The zero-order valence-corrected chi connectivity index (χ0v) is 28.2. The molecule has 0 bridgehead atoms. The largest absolute Gasteiger partial charge is 0.497 e. The standard InChI is InChI=1S/C34H42N4O7S/c1-9-20-16-34(20,31(40)43-10-2)37-29(39)27-14-22(17-38(27)32(41)45-33(5,6)7)44-28-15-25(30-36-26(18-46-30)19(3)4)35-24-13-21(42-8)11-12-23(24)28/h9,11-13,15,18-20,22,27H,1,10,14,16-17H2,2-8H3,(H,37,39)/t20-,22-,27?,34-/m1/s1. The molecular formula is C34H42N4O7S. The summed E-state index contributed by atoms with van der Waals surface area (Å²) >= 11 is 1.51. The maximum absolute atomic E-state index is 13.8. The second kappa shape index (κ2) is 12.9. The Hall–Kier alpha value is -4.19. The molecule has 1 N–H and O–H groups in total. The lowest BCUT2D eigenvalue weighted by Gasteiger charge is -2.28. The van der Waals surface area contributed by atoms with Crippen LogP contribution in [0.3, 0.4) is 0 Å².